The van der Waals surface area contributed by atoms with Gasteiger partial charge in [0.1, 0.15) is 0 Å². The average molecular weight is 266 g/mol. The van der Waals surface area contributed by atoms with Gasteiger partial charge in [-0.1, -0.05) is 11.6 Å². The first-order valence-corrected chi connectivity index (χ1v) is 6.58. The van der Waals surface area contributed by atoms with Gasteiger partial charge in [-0.3, -0.25) is 4.79 Å². The highest BCUT2D eigenvalue weighted by Crippen LogP contribution is 2.32. The molecule has 0 aromatic heterocycles. The summed E-state index contributed by atoms with van der Waals surface area (Å²) in [5, 5.41) is 3.86. The second kappa shape index (κ2) is 4.44. The Morgan fingerprint density at radius 2 is 2.00 bits per heavy atom. The van der Waals surface area contributed by atoms with Gasteiger partial charge in [0.05, 0.1) is 10.6 Å². The molecule has 3 rings (SSSR count). The quantitative estimate of drug-likeness (QED) is 0.842. The molecule has 2 fully saturated rings. The van der Waals surface area contributed by atoms with E-state index in [0.29, 0.717) is 10.6 Å². The van der Waals surface area contributed by atoms with E-state index in [9.17, 15) is 4.79 Å². The molecular formula is C13H16ClN3O. The minimum atomic E-state index is -0.478. The monoisotopic (exact) mass is 265 g/mol. The number of hydrogen-bond donors (Lipinski definition) is 2. The second-order valence-corrected chi connectivity index (χ2v) is 5.52. The SMILES string of the molecule is NC(=O)c1ccc(N2C[C@H]3CNC[C@H]3C2)cc1Cl. The molecule has 0 radical (unpaired) electrons. The third kappa shape index (κ3) is 1.95. The van der Waals surface area contributed by atoms with Crippen molar-refractivity contribution in [3.8, 4) is 0 Å². The normalized spacial score (nSPS) is 26.4. The van der Waals surface area contributed by atoms with Crippen LogP contribution in [0.4, 0.5) is 5.69 Å². The van der Waals surface area contributed by atoms with Gasteiger partial charge in [-0.2, -0.15) is 0 Å². The molecule has 5 heteroatoms. The Morgan fingerprint density at radius 1 is 1.33 bits per heavy atom. The van der Waals surface area contributed by atoms with E-state index in [2.05, 4.69) is 10.2 Å². The molecule has 0 unspecified atom stereocenters. The Morgan fingerprint density at radius 3 is 2.56 bits per heavy atom. The van der Waals surface area contributed by atoms with Gasteiger partial charge >= 0.3 is 0 Å². The van der Waals surface area contributed by atoms with E-state index in [0.717, 1.165) is 43.7 Å². The summed E-state index contributed by atoms with van der Waals surface area (Å²) in [5.41, 5.74) is 6.72. The maximum absolute atomic E-state index is 11.1. The van der Waals surface area contributed by atoms with Crippen LogP contribution >= 0.6 is 11.6 Å². The molecule has 2 saturated heterocycles. The van der Waals surface area contributed by atoms with Gasteiger partial charge in [-0.05, 0) is 30.0 Å². The number of nitrogens with one attached hydrogen (secondary N) is 1. The maximum atomic E-state index is 11.1. The molecule has 2 atom stereocenters. The van der Waals surface area contributed by atoms with Gasteiger partial charge in [-0.15, -0.1) is 0 Å². The summed E-state index contributed by atoms with van der Waals surface area (Å²) in [7, 11) is 0. The van der Waals surface area contributed by atoms with Crippen LogP contribution in [0.25, 0.3) is 0 Å². The third-order valence-corrected chi connectivity index (χ3v) is 4.29. The van der Waals surface area contributed by atoms with Crippen molar-refractivity contribution in [1.82, 2.24) is 5.32 Å². The maximum Gasteiger partial charge on any atom is 0.250 e. The lowest BCUT2D eigenvalue weighted by Gasteiger charge is -2.20. The molecule has 1 aromatic carbocycles. The van der Waals surface area contributed by atoms with E-state index in [1.165, 1.54) is 0 Å². The number of halogens is 1. The number of nitrogens with two attached hydrogens (primary N) is 1. The number of carbonyl (C=O) groups excluding carboxylic acids is 1. The predicted molar refractivity (Wildman–Crippen MR) is 72.0 cm³/mol. The number of rotatable bonds is 2. The van der Waals surface area contributed by atoms with Crippen molar-refractivity contribution in [2.45, 2.75) is 0 Å². The fraction of sp³-hybridized carbons (Fsp3) is 0.462. The molecule has 2 heterocycles. The molecule has 18 heavy (non-hydrogen) atoms. The van der Waals surface area contributed by atoms with Crippen molar-refractivity contribution in [2.24, 2.45) is 17.6 Å². The lowest BCUT2D eigenvalue weighted by atomic mass is 10.0. The Kier molecular flexibility index (Phi) is 2.92. The van der Waals surface area contributed by atoms with E-state index in [1.54, 1.807) is 6.07 Å². The first-order valence-electron chi connectivity index (χ1n) is 6.20. The van der Waals surface area contributed by atoms with Crippen LogP contribution in [0.2, 0.25) is 5.02 Å². The lowest BCUT2D eigenvalue weighted by molar-refractivity contribution is 0.100. The molecule has 1 aromatic rings. The van der Waals surface area contributed by atoms with Gasteiger partial charge in [0, 0.05) is 31.9 Å². The minimum absolute atomic E-state index is 0.390. The zero-order valence-electron chi connectivity index (χ0n) is 10.0. The fourth-order valence-electron chi connectivity index (χ4n) is 2.97. The highest BCUT2D eigenvalue weighted by molar-refractivity contribution is 6.34. The summed E-state index contributed by atoms with van der Waals surface area (Å²) in [6.07, 6.45) is 0. The Hall–Kier alpha value is -1.26. The van der Waals surface area contributed by atoms with Gasteiger partial charge in [0.15, 0.2) is 0 Å². The van der Waals surface area contributed by atoms with Gasteiger partial charge in [0.25, 0.3) is 0 Å². The number of nitrogens with zero attached hydrogens (tertiary/aromatic N) is 1. The molecule has 96 valence electrons. The summed E-state index contributed by atoms with van der Waals surface area (Å²) in [6, 6.07) is 5.49. The van der Waals surface area contributed by atoms with Crippen LogP contribution in [-0.4, -0.2) is 32.1 Å². The largest absolute Gasteiger partial charge is 0.371 e. The lowest BCUT2D eigenvalue weighted by Crippen LogP contribution is -2.25. The molecule has 0 saturated carbocycles. The van der Waals surface area contributed by atoms with Gasteiger partial charge < -0.3 is 16.0 Å². The van der Waals surface area contributed by atoms with E-state index in [4.69, 9.17) is 17.3 Å². The minimum Gasteiger partial charge on any atom is -0.371 e. The van der Waals surface area contributed by atoms with Crippen molar-refractivity contribution < 1.29 is 4.79 Å². The average Bonchev–Trinajstić information content (AvgIpc) is 2.87. The molecule has 1 amide bonds. The molecule has 0 spiro atoms. The van der Waals surface area contributed by atoms with Crippen LogP contribution < -0.4 is 16.0 Å². The fourth-order valence-corrected chi connectivity index (χ4v) is 3.23. The van der Waals surface area contributed by atoms with E-state index < -0.39 is 5.91 Å². The van der Waals surface area contributed by atoms with Crippen LogP contribution in [0.3, 0.4) is 0 Å². The van der Waals surface area contributed by atoms with E-state index in [-0.39, 0.29) is 0 Å². The predicted octanol–water partition coefficient (Wildman–Crippen LogP) is 1.09. The number of anilines is 1. The Labute approximate surface area is 111 Å². The number of benzene rings is 1. The molecule has 3 N–H and O–H groups in total. The van der Waals surface area contributed by atoms with Crippen molar-refractivity contribution in [3.63, 3.8) is 0 Å². The van der Waals surface area contributed by atoms with Crippen LogP contribution in [0, 0.1) is 11.8 Å². The molecule has 0 bridgehead atoms. The Balaban J connectivity index is 1.81. The highest BCUT2D eigenvalue weighted by Gasteiger charge is 2.36. The molecular weight excluding hydrogens is 250 g/mol. The highest BCUT2D eigenvalue weighted by atomic mass is 35.5. The summed E-state index contributed by atoms with van der Waals surface area (Å²) in [4.78, 5) is 13.5. The van der Waals surface area contributed by atoms with E-state index in [1.807, 2.05) is 12.1 Å². The number of fused-ring (bicyclic) bond motifs is 1. The smallest absolute Gasteiger partial charge is 0.250 e. The molecule has 2 aliphatic heterocycles. The van der Waals surface area contributed by atoms with Crippen LogP contribution in [0.1, 0.15) is 10.4 Å². The van der Waals surface area contributed by atoms with E-state index >= 15 is 0 Å². The van der Waals surface area contributed by atoms with Crippen LogP contribution in [-0.2, 0) is 0 Å². The van der Waals surface area contributed by atoms with Crippen molar-refractivity contribution >= 4 is 23.2 Å². The summed E-state index contributed by atoms with van der Waals surface area (Å²) < 4.78 is 0. The molecule has 0 aliphatic carbocycles. The second-order valence-electron chi connectivity index (χ2n) is 5.11. The molecule has 2 aliphatic rings. The number of amides is 1. The zero-order chi connectivity index (χ0) is 12.7. The number of hydrogen-bond acceptors (Lipinski definition) is 3. The third-order valence-electron chi connectivity index (χ3n) is 3.97. The summed E-state index contributed by atoms with van der Waals surface area (Å²) in [5.74, 6) is 0.994. The Bertz CT molecular complexity index is 479. The van der Waals surface area contributed by atoms with Crippen LogP contribution in [0.5, 0.6) is 0 Å². The topological polar surface area (TPSA) is 58.4 Å². The number of primary amides is 1. The summed E-state index contributed by atoms with van der Waals surface area (Å²) >= 11 is 6.08. The van der Waals surface area contributed by atoms with Gasteiger partial charge in [0.2, 0.25) is 5.91 Å². The molecule has 4 nitrogen and oxygen atoms in total. The first kappa shape index (κ1) is 11.8. The number of carbonyl (C=O) groups is 1. The first-order chi connectivity index (χ1) is 8.65. The van der Waals surface area contributed by atoms with Crippen molar-refractivity contribution in [3.05, 3.63) is 28.8 Å². The van der Waals surface area contributed by atoms with Crippen molar-refractivity contribution in [2.75, 3.05) is 31.1 Å². The summed E-state index contributed by atoms with van der Waals surface area (Å²) in [6.45, 7) is 4.33. The van der Waals surface area contributed by atoms with Gasteiger partial charge in [-0.25, -0.2) is 0 Å². The van der Waals surface area contributed by atoms with Crippen molar-refractivity contribution in [1.29, 1.82) is 0 Å². The zero-order valence-corrected chi connectivity index (χ0v) is 10.8. The van der Waals surface area contributed by atoms with Crippen LogP contribution in [0.15, 0.2) is 18.2 Å². The standard InChI is InChI=1S/C13H16ClN3O/c14-12-3-10(1-2-11(12)13(15)18)17-6-8-4-16-5-9(8)7-17/h1-3,8-9,16H,4-7H2,(H2,15,18)/t8-,9+.